The number of hydrogen-bond donors (Lipinski definition) is 3. The SMILES string of the molecule is NCC(=O)NCC(=O)N1CCN(C(=O)c2cc3ccccc3[nH]2)CC1. The average molecular weight is 343 g/mol. The van der Waals surface area contributed by atoms with Gasteiger partial charge in [-0.3, -0.25) is 14.4 Å². The fourth-order valence-electron chi connectivity index (χ4n) is 2.88. The van der Waals surface area contributed by atoms with Crippen LogP contribution in [0.1, 0.15) is 10.5 Å². The zero-order valence-electron chi connectivity index (χ0n) is 13.8. The highest BCUT2D eigenvalue weighted by Crippen LogP contribution is 2.16. The minimum Gasteiger partial charge on any atom is -0.351 e. The van der Waals surface area contributed by atoms with E-state index >= 15 is 0 Å². The van der Waals surface area contributed by atoms with Crippen molar-refractivity contribution in [3.05, 3.63) is 36.0 Å². The predicted octanol–water partition coefficient (Wildman–Crippen LogP) is -0.473. The van der Waals surface area contributed by atoms with E-state index in [1.54, 1.807) is 9.80 Å². The molecule has 1 aromatic heterocycles. The molecule has 3 amide bonds. The number of amides is 3. The number of carbonyl (C=O) groups excluding carboxylic acids is 3. The summed E-state index contributed by atoms with van der Waals surface area (Å²) in [6.07, 6.45) is 0. The second-order valence-corrected chi connectivity index (χ2v) is 5.92. The number of hydrogen-bond acceptors (Lipinski definition) is 4. The van der Waals surface area contributed by atoms with Crippen LogP contribution in [0.15, 0.2) is 30.3 Å². The van der Waals surface area contributed by atoms with Gasteiger partial charge in [-0.1, -0.05) is 18.2 Å². The number of carbonyl (C=O) groups is 3. The summed E-state index contributed by atoms with van der Waals surface area (Å²) in [7, 11) is 0. The van der Waals surface area contributed by atoms with E-state index in [2.05, 4.69) is 10.3 Å². The first-order chi connectivity index (χ1) is 12.1. The predicted molar refractivity (Wildman–Crippen MR) is 92.8 cm³/mol. The number of aromatic amines is 1. The number of nitrogens with two attached hydrogens (primary N) is 1. The maximum Gasteiger partial charge on any atom is 0.270 e. The van der Waals surface area contributed by atoms with Gasteiger partial charge in [0.25, 0.3) is 5.91 Å². The van der Waals surface area contributed by atoms with Gasteiger partial charge in [0.15, 0.2) is 0 Å². The molecule has 1 aliphatic heterocycles. The molecule has 2 aromatic rings. The Morgan fingerprint density at radius 2 is 1.76 bits per heavy atom. The summed E-state index contributed by atoms with van der Waals surface area (Å²) in [6, 6.07) is 9.57. The second-order valence-electron chi connectivity index (χ2n) is 5.92. The van der Waals surface area contributed by atoms with Crippen molar-refractivity contribution in [1.82, 2.24) is 20.1 Å². The van der Waals surface area contributed by atoms with Gasteiger partial charge < -0.3 is 25.8 Å². The summed E-state index contributed by atoms with van der Waals surface area (Å²) >= 11 is 0. The van der Waals surface area contributed by atoms with Crippen LogP contribution in [0, 0.1) is 0 Å². The molecule has 1 saturated heterocycles. The van der Waals surface area contributed by atoms with E-state index in [1.807, 2.05) is 30.3 Å². The molecular weight excluding hydrogens is 322 g/mol. The molecular formula is C17H21N5O3. The molecule has 8 nitrogen and oxygen atoms in total. The van der Waals surface area contributed by atoms with E-state index in [9.17, 15) is 14.4 Å². The van der Waals surface area contributed by atoms with Crippen LogP contribution in [0.25, 0.3) is 10.9 Å². The van der Waals surface area contributed by atoms with Crippen LogP contribution >= 0.6 is 0 Å². The molecule has 1 fully saturated rings. The van der Waals surface area contributed by atoms with Crippen LogP contribution in [-0.2, 0) is 9.59 Å². The van der Waals surface area contributed by atoms with Crippen LogP contribution in [0.3, 0.4) is 0 Å². The number of aromatic nitrogens is 1. The van der Waals surface area contributed by atoms with Crippen molar-refractivity contribution < 1.29 is 14.4 Å². The van der Waals surface area contributed by atoms with Crippen molar-refractivity contribution in [2.75, 3.05) is 39.3 Å². The quantitative estimate of drug-likeness (QED) is 0.696. The lowest BCUT2D eigenvalue weighted by molar-refractivity contribution is -0.133. The zero-order chi connectivity index (χ0) is 17.8. The Balaban J connectivity index is 1.55. The third-order valence-electron chi connectivity index (χ3n) is 4.30. The second kappa shape index (κ2) is 7.35. The van der Waals surface area contributed by atoms with E-state index in [0.29, 0.717) is 31.9 Å². The smallest absolute Gasteiger partial charge is 0.270 e. The van der Waals surface area contributed by atoms with Gasteiger partial charge in [-0.15, -0.1) is 0 Å². The number of piperazine rings is 1. The molecule has 25 heavy (non-hydrogen) atoms. The molecule has 4 N–H and O–H groups in total. The lowest BCUT2D eigenvalue weighted by atomic mass is 10.2. The minimum atomic E-state index is -0.360. The lowest BCUT2D eigenvalue weighted by Gasteiger charge is -2.34. The van der Waals surface area contributed by atoms with Gasteiger partial charge in [-0.2, -0.15) is 0 Å². The largest absolute Gasteiger partial charge is 0.351 e. The molecule has 0 saturated carbocycles. The topological polar surface area (TPSA) is 112 Å². The molecule has 1 aliphatic rings. The van der Waals surface area contributed by atoms with Gasteiger partial charge in [-0.25, -0.2) is 0 Å². The summed E-state index contributed by atoms with van der Waals surface area (Å²) in [6.45, 7) is 1.62. The first-order valence-electron chi connectivity index (χ1n) is 8.20. The first-order valence-corrected chi connectivity index (χ1v) is 8.20. The van der Waals surface area contributed by atoms with Crippen LogP contribution in [0.2, 0.25) is 0 Å². The van der Waals surface area contributed by atoms with Crippen LogP contribution < -0.4 is 11.1 Å². The standard InChI is InChI=1S/C17H21N5O3/c18-10-15(23)19-11-16(24)21-5-7-22(8-6-21)17(25)14-9-12-3-1-2-4-13(12)20-14/h1-4,9,20H,5-8,10-11,18H2,(H,19,23). The zero-order valence-corrected chi connectivity index (χ0v) is 13.8. The average Bonchev–Trinajstić information content (AvgIpc) is 3.09. The maximum atomic E-state index is 12.6. The van der Waals surface area contributed by atoms with Gasteiger partial charge in [-0.05, 0) is 12.1 Å². The normalized spacial score (nSPS) is 14.6. The minimum absolute atomic E-state index is 0.0635. The Hall–Kier alpha value is -2.87. The molecule has 1 aromatic carbocycles. The van der Waals surface area contributed by atoms with E-state index in [1.165, 1.54) is 0 Å². The molecule has 3 rings (SSSR count). The van der Waals surface area contributed by atoms with Crippen molar-refractivity contribution in [2.45, 2.75) is 0 Å². The summed E-state index contributed by atoms with van der Waals surface area (Å²) in [5, 5.41) is 3.46. The highest BCUT2D eigenvalue weighted by molar-refractivity contribution is 5.98. The van der Waals surface area contributed by atoms with Gasteiger partial charge in [0, 0.05) is 37.1 Å². The summed E-state index contributed by atoms with van der Waals surface area (Å²) in [5.74, 6) is -0.597. The van der Waals surface area contributed by atoms with Crippen molar-refractivity contribution in [2.24, 2.45) is 5.73 Å². The number of nitrogens with zero attached hydrogens (tertiary/aromatic N) is 2. The van der Waals surface area contributed by atoms with Gasteiger partial charge in [0.1, 0.15) is 5.69 Å². The molecule has 8 heteroatoms. The summed E-state index contributed by atoms with van der Waals surface area (Å²) in [5.41, 5.74) is 6.67. The number of para-hydroxylation sites is 1. The van der Waals surface area contributed by atoms with Gasteiger partial charge in [0.05, 0.1) is 13.1 Å². The van der Waals surface area contributed by atoms with Crippen LogP contribution in [-0.4, -0.2) is 71.8 Å². The van der Waals surface area contributed by atoms with E-state index < -0.39 is 0 Å². The number of nitrogens with one attached hydrogen (secondary N) is 2. The van der Waals surface area contributed by atoms with Gasteiger partial charge >= 0.3 is 0 Å². The number of H-pyrrole nitrogens is 1. The van der Waals surface area contributed by atoms with Crippen LogP contribution in [0.4, 0.5) is 0 Å². The Morgan fingerprint density at radius 3 is 2.44 bits per heavy atom. The fraction of sp³-hybridized carbons (Fsp3) is 0.353. The Morgan fingerprint density at radius 1 is 1.08 bits per heavy atom. The molecule has 132 valence electrons. The maximum absolute atomic E-state index is 12.6. The van der Waals surface area contributed by atoms with E-state index in [4.69, 9.17) is 5.73 Å². The van der Waals surface area contributed by atoms with Gasteiger partial charge in [0.2, 0.25) is 11.8 Å². The molecule has 0 unspecified atom stereocenters. The Kier molecular flexibility index (Phi) is 4.99. The number of rotatable bonds is 4. The lowest BCUT2D eigenvalue weighted by Crippen LogP contribution is -2.52. The Labute approximate surface area is 144 Å². The molecule has 0 aliphatic carbocycles. The van der Waals surface area contributed by atoms with Crippen molar-refractivity contribution in [3.8, 4) is 0 Å². The molecule has 0 atom stereocenters. The highest BCUT2D eigenvalue weighted by atomic mass is 16.2. The molecule has 2 heterocycles. The number of benzene rings is 1. The summed E-state index contributed by atoms with van der Waals surface area (Å²) in [4.78, 5) is 42.3. The van der Waals surface area contributed by atoms with Crippen molar-refractivity contribution in [1.29, 1.82) is 0 Å². The Bertz CT molecular complexity index is 759. The highest BCUT2D eigenvalue weighted by Gasteiger charge is 2.25. The third kappa shape index (κ3) is 3.80. The van der Waals surface area contributed by atoms with Crippen molar-refractivity contribution >= 4 is 28.6 Å². The van der Waals surface area contributed by atoms with E-state index in [-0.39, 0.29) is 30.8 Å². The third-order valence-corrected chi connectivity index (χ3v) is 4.30. The first kappa shape index (κ1) is 17.0. The fourth-order valence-corrected chi connectivity index (χ4v) is 2.88. The van der Waals surface area contributed by atoms with Crippen LogP contribution in [0.5, 0.6) is 0 Å². The van der Waals surface area contributed by atoms with E-state index in [0.717, 1.165) is 10.9 Å². The monoisotopic (exact) mass is 343 g/mol. The molecule has 0 spiro atoms. The summed E-state index contributed by atoms with van der Waals surface area (Å²) < 4.78 is 0. The molecule has 0 radical (unpaired) electrons. The van der Waals surface area contributed by atoms with Crippen molar-refractivity contribution in [3.63, 3.8) is 0 Å². The number of fused-ring (bicyclic) bond motifs is 1. The molecule has 0 bridgehead atoms.